The summed E-state index contributed by atoms with van der Waals surface area (Å²) in [6.07, 6.45) is 17.8. The van der Waals surface area contributed by atoms with Crippen LogP contribution in [0, 0.1) is 17.3 Å². The van der Waals surface area contributed by atoms with E-state index in [1.807, 2.05) is 34.6 Å². The van der Waals surface area contributed by atoms with Crippen molar-refractivity contribution in [3.05, 3.63) is 0 Å². The summed E-state index contributed by atoms with van der Waals surface area (Å²) < 4.78 is 11.6. The lowest BCUT2D eigenvalue weighted by Crippen LogP contribution is -2.49. The molecule has 0 aromatic carbocycles. The Bertz CT molecular complexity index is 699. The van der Waals surface area contributed by atoms with Gasteiger partial charge in [0.25, 0.3) is 0 Å². The lowest BCUT2D eigenvalue weighted by Gasteiger charge is -2.37. The number of esters is 2. The van der Waals surface area contributed by atoms with Crippen molar-refractivity contribution < 1.29 is 23.9 Å². The van der Waals surface area contributed by atoms with Crippen LogP contribution in [0.15, 0.2) is 0 Å². The summed E-state index contributed by atoms with van der Waals surface area (Å²) in [6, 6.07) is -0.670. The molecule has 0 aliphatic carbocycles. The molecule has 0 aromatic rings. The van der Waals surface area contributed by atoms with Crippen LogP contribution in [0.2, 0.25) is 0 Å². The van der Waals surface area contributed by atoms with Crippen molar-refractivity contribution in [2.75, 3.05) is 0 Å². The molecule has 0 aromatic heterocycles. The van der Waals surface area contributed by atoms with E-state index >= 15 is 0 Å². The Morgan fingerprint density at radius 1 is 0.872 bits per heavy atom. The number of unbranched alkanes of at least 4 members (excludes halogenated alkanes) is 11. The molecule has 228 valence electrons. The van der Waals surface area contributed by atoms with Crippen LogP contribution in [0.3, 0.4) is 0 Å². The van der Waals surface area contributed by atoms with Gasteiger partial charge in [0.05, 0.1) is 5.92 Å². The topological polar surface area (TPSA) is 81.7 Å². The fourth-order valence-corrected chi connectivity index (χ4v) is 5.18. The molecular formula is C33H61NO5. The summed E-state index contributed by atoms with van der Waals surface area (Å²) in [7, 11) is 0. The van der Waals surface area contributed by atoms with Crippen LogP contribution in [0.4, 0.5) is 0 Å². The van der Waals surface area contributed by atoms with E-state index in [1.165, 1.54) is 57.8 Å². The average Bonchev–Trinajstić information content (AvgIpc) is 2.85. The summed E-state index contributed by atoms with van der Waals surface area (Å²) in [5.41, 5.74) is -0.587. The lowest BCUT2D eigenvalue weighted by atomic mass is 9.86. The molecule has 0 spiro atoms. The smallest absolute Gasteiger partial charge is 0.328 e. The first kappa shape index (κ1) is 35.4. The van der Waals surface area contributed by atoms with Gasteiger partial charge in [-0.15, -0.1) is 0 Å². The third-order valence-corrected chi connectivity index (χ3v) is 7.77. The first-order valence-electron chi connectivity index (χ1n) is 16.2. The van der Waals surface area contributed by atoms with Gasteiger partial charge in [-0.25, -0.2) is 4.79 Å². The van der Waals surface area contributed by atoms with Gasteiger partial charge in [-0.1, -0.05) is 126 Å². The second-order valence-corrected chi connectivity index (χ2v) is 13.2. The standard InChI is InChI=1S/C33H61NO5/c1-8-10-12-14-15-16-17-18-19-21-26(24-29-27(30(35)39-29)22-20-13-11-9-2)38-31(36)28(23-25(3)4)34-32(37)33(5,6)7/h25-29H,8-24H2,1-7H3,(H,34,37)/t26-,27?,28-,29-/m0/s1. The summed E-state index contributed by atoms with van der Waals surface area (Å²) in [5.74, 6) is -0.482. The largest absolute Gasteiger partial charge is 0.461 e. The zero-order chi connectivity index (χ0) is 29.3. The van der Waals surface area contributed by atoms with Gasteiger partial charge in [0.15, 0.2) is 0 Å². The van der Waals surface area contributed by atoms with Crippen molar-refractivity contribution in [1.82, 2.24) is 5.32 Å². The van der Waals surface area contributed by atoms with Crippen LogP contribution in [0.1, 0.15) is 158 Å². The maximum absolute atomic E-state index is 13.3. The number of amides is 1. The van der Waals surface area contributed by atoms with E-state index in [0.29, 0.717) is 12.8 Å². The highest BCUT2D eigenvalue weighted by molar-refractivity contribution is 5.87. The quantitative estimate of drug-likeness (QED) is 0.108. The summed E-state index contributed by atoms with van der Waals surface area (Å²) in [5, 5.41) is 2.94. The van der Waals surface area contributed by atoms with Crippen LogP contribution in [-0.4, -0.2) is 36.1 Å². The number of hydrogen-bond acceptors (Lipinski definition) is 5. The second kappa shape index (κ2) is 19.5. The van der Waals surface area contributed by atoms with Gasteiger partial charge < -0.3 is 14.8 Å². The fraction of sp³-hybridized carbons (Fsp3) is 0.909. The lowest BCUT2D eigenvalue weighted by molar-refractivity contribution is -0.190. The molecule has 1 N–H and O–H groups in total. The zero-order valence-electron chi connectivity index (χ0n) is 26.4. The Morgan fingerprint density at radius 2 is 1.41 bits per heavy atom. The van der Waals surface area contributed by atoms with Crippen molar-refractivity contribution in [2.24, 2.45) is 17.3 Å². The number of cyclic esters (lactones) is 1. The minimum Gasteiger partial charge on any atom is -0.461 e. The van der Waals surface area contributed by atoms with Crippen molar-refractivity contribution in [2.45, 2.75) is 176 Å². The highest BCUT2D eigenvalue weighted by Gasteiger charge is 2.43. The van der Waals surface area contributed by atoms with E-state index < -0.39 is 11.5 Å². The molecule has 0 bridgehead atoms. The van der Waals surface area contributed by atoms with Gasteiger partial charge >= 0.3 is 11.9 Å². The molecule has 0 radical (unpaired) electrons. The predicted octanol–water partition coefficient (Wildman–Crippen LogP) is 8.30. The summed E-state index contributed by atoms with van der Waals surface area (Å²) in [6.45, 7) is 14.0. The van der Waals surface area contributed by atoms with E-state index in [4.69, 9.17) is 9.47 Å². The van der Waals surface area contributed by atoms with Gasteiger partial charge in [-0.05, 0) is 31.6 Å². The van der Waals surface area contributed by atoms with Crippen LogP contribution in [-0.2, 0) is 23.9 Å². The van der Waals surface area contributed by atoms with E-state index in [-0.39, 0.29) is 41.9 Å². The van der Waals surface area contributed by atoms with Crippen molar-refractivity contribution in [3.63, 3.8) is 0 Å². The van der Waals surface area contributed by atoms with E-state index in [1.54, 1.807) is 0 Å². The van der Waals surface area contributed by atoms with Crippen molar-refractivity contribution in [3.8, 4) is 0 Å². The van der Waals surface area contributed by atoms with Crippen LogP contribution in [0.25, 0.3) is 0 Å². The zero-order valence-corrected chi connectivity index (χ0v) is 26.4. The number of nitrogens with one attached hydrogen (secondary N) is 1. The minimum atomic E-state index is -0.670. The normalized spacial score (nSPS) is 18.8. The highest BCUT2D eigenvalue weighted by Crippen LogP contribution is 2.33. The monoisotopic (exact) mass is 551 g/mol. The highest BCUT2D eigenvalue weighted by atomic mass is 16.6. The number of hydrogen-bond donors (Lipinski definition) is 1. The molecule has 6 heteroatoms. The van der Waals surface area contributed by atoms with E-state index in [2.05, 4.69) is 19.2 Å². The third-order valence-electron chi connectivity index (χ3n) is 7.77. The number of carbonyl (C=O) groups excluding carboxylic acids is 3. The Kier molecular flexibility index (Phi) is 17.7. The fourth-order valence-electron chi connectivity index (χ4n) is 5.18. The molecule has 1 saturated heterocycles. The van der Waals surface area contributed by atoms with Crippen LogP contribution >= 0.6 is 0 Å². The van der Waals surface area contributed by atoms with Gasteiger partial charge in [0.1, 0.15) is 18.2 Å². The Balaban J connectivity index is 2.75. The first-order valence-corrected chi connectivity index (χ1v) is 16.2. The molecule has 1 aliphatic rings. The molecular weight excluding hydrogens is 490 g/mol. The van der Waals surface area contributed by atoms with E-state index in [9.17, 15) is 14.4 Å². The molecule has 4 atom stereocenters. The van der Waals surface area contributed by atoms with Gasteiger partial charge in [0.2, 0.25) is 5.91 Å². The van der Waals surface area contributed by atoms with Gasteiger partial charge in [-0.3, -0.25) is 9.59 Å². The third kappa shape index (κ3) is 15.1. The summed E-state index contributed by atoms with van der Waals surface area (Å²) in [4.78, 5) is 38.2. The SMILES string of the molecule is CCCCCCCCCCC[C@@H](C[C@@H]1OC(=O)C1CCCCCC)OC(=O)[C@H](CC(C)C)NC(=O)C(C)(C)C. The Morgan fingerprint density at radius 3 is 1.92 bits per heavy atom. The number of ether oxygens (including phenoxy) is 2. The number of rotatable bonds is 22. The van der Waals surface area contributed by atoms with Gasteiger partial charge in [-0.2, -0.15) is 0 Å². The Labute approximate surface area is 240 Å². The van der Waals surface area contributed by atoms with Gasteiger partial charge in [0, 0.05) is 11.8 Å². The van der Waals surface area contributed by atoms with Crippen LogP contribution in [0.5, 0.6) is 0 Å². The van der Waals surface area contributed by atoms with E-state index in [0.717, 1.165) is 38.5 Å². The molecule has 1 heterocycles. The molecule has 1 amide bonds. The molecule has 6 nitrogen and oxygen atoms in total. The minimum absolute atomic E-state index is 0.0850. The predicted molar refractivity (Wildman–Crippen MR) is 159 cm³/mol. The second-order valence-electron chi connectivity index (χ2n) is 13.2. The summed E-state index contributed by atoms with van der Waals surface area (Å²) >= 11 is 0. The molecule has 1 fully saturated rings. The van der Waals surface area contributed by atoms with Crippen molar-refractivity contribution >= 4 is 17.8 Å². The van der Waals surface area contributed by atoms with Crippen LogP contribution < -0.4 is 5.32 Å². The molecule has 39 heavy (non-hydrogen) atoms. The molecule has 1 unspecified atom stereocenters. The molecule has 1 rings (SSSR count). The maximum Gasteiger partial charge on any atom is 0.328 e. The number of carbonyl (C=O) groups is 3. The van der Waals surface area contributed by atoms with Crippen molar-refractivity contribution in [1.29, 1.82) is 0 Å². The first-order chi connectivity index (χ1) is 18.5. The Hall–Kier alpha value is -1.59. The average molecular weight is 552 g/mol. The molecule has 0 saturated carbocycles. The molecule has 1 aliphatic heterocycles. The maximum atomic E-state index is 13.3.